The molecular weight excluding hydrogens is 312 g/mol. The molecule has 3 fully saturated rings. The highest BCUT2D eigenvalue weighted by atomic mass is 16.3. The van der Waals surface area contributed by atoms with Crippen LogP contribution < -0.4 is 0 Å². The molecule has 0 spiro atoms. The summed E-state index contributed by atoms with van der Waals surface area (Å²) in [6, 6.07) is 0. The van der Waals surface area contributed by atoms with E-state index in [0.717, 1.165) is 32.1 Å². The van der Waals surface area contributed by atoms with Gasteiger partial charge in [0, 0.05) is 12.0 Å². The molecule has 8 atom stereocenters. The zero-order chi connectivity index (χ0) is 18.0. The second-order valence-electron chi connectivity index (χ2n) is 9.64. The van der Waals surface area contributed by atoms with E-state index in [0.29, 0.717) is 17.8 Å². The Kier molecular flexibility index (Phi) is 4.05. The van der Waals surface area contributed by atoms with E-state index in [1.54, 1.807) is 6.08 Å². The summed E-state index contributed by atoms with van der Waals surface area (Å²) in [6.07, 6.45) is 10.8. The first-order valence-corrected chi connectivity index (χ1v) is 10.0. The summed E-state index contributed by atoms with van der Waals surface area (Å²) in [5, 5.41) is 20.5. The van der Waals surface area contributed by atoms with E-state index in [9.17, 15) is 15.0 Å². The van der Waals surface area contributed by atoms with E-state index in [2.05, 4.69) is 26.8 Å². The molecular formula is C22H32O3. The molecule has 3 heteroatoms. The number of aliphatic hydroxyl groups excluding tert-OH is 2. The van der Waals surface area contributed by atoms with Crippen molar-refractivity contribution in [1.82, 2.24) is 0 Å². The number of hydrogen-bond acceptors (Lipinski definition) is 3. The van der Waals surface area contributed by atoms with Crippen LogP contribution in [0.5, 0.6) is 0 Å². The van der Waals surface area contributed by atoms with Crippen molar-refractivity contribution in [2.45, 2.75) is 59.0 Å². The molecule has 0 aromatic rings. The summed E-state index contributed by atoms with van der Waals surface area (Å²) in [6.45, 7) is 6.94. The van der Waals surface area contributed by atoms with Gasteiger partial charge in [-0.2, -0.15) is 0 Å². The zero-order valence-electron chi connectivity index (χ0n) is 15.7. The molecule has 138 valence electrons. The van der Waals surface area contributed by atoms with Crippen molar-refractivity contribution in [3.63, 3.8) is 0 Å². The van der Waals surface area contributed by atoms with Gasteiger partial charge in [-0.25, -0.2) is 0 Å². The third-order valence-corrected chi connectivity index (χ3v) is 8.57. The Hall–Kier alpha value is -0.930. The molecule has 4 rings (SSSR count). The third kappa shape index (κ3) is 2.35. The number of carbonyl (C=O) groups is 1. The van der Waals surface area contributed by atoms with Gasteiger partial charge in [-0.05, 0) is 79.3 Å². The van der Waals surface area contributed by atoms with E-state index >= 15 is 0 Å². The van der Waals surface area contributed by atoms with Crippen molar-refractivity contribution in [3.05, 3.63) is 23.8 Å². The van der Waals surface area contributed by atoms with Gasteiger partial charge in [0.25, 0.3) is 0 Å². The van der Waals surface area contributed by atoms with Gasteiger partial charge in [0.1, 0.15) is 0 Å². The first-order valence-electron chi connectivity index (χ1n) is 10.0. The van der Waals surface area contributed by atoms with Crippen LogP contribution in [0.2, 0.25) is 0 Å². The molecule has 0 aromatic carbocycles. The molecule has 4 aliphatic rings. The Morgan fingerprint density at radius 1 is 1.28 bits per heavy atom. The minimum absolute atomic E-state index is 0.0176. The predicted molar refractivity (Wildman–Crippen MR) is 97.7 cm³/mol. The number of carbonyl (C=O) groups excluding carboxylic acids is 1. The maximum atomic E-state index is 11.8. The lowest BCUT2D eigenvalue weighted by Crippen LogP contribution is -2.50. The Balaban J connectivity index is 1.67. The first-order chi connectivity index (χ1) is 11.8. The molecule has 0 saturated heterocycles. The van der Waals surface area contributed by atoms with Gasteiger partial charge >= 0.3 is 0 Å². The van der Waals surface area contributed by atoms with Gasteiger partial charge in [-0.15, -0.1) is 0 Å². The fourth-order valence-electron chi connectivity index (χ4n) is 7.39. The Labute approximate surface area is 151 Å². The summed E-state index contributed by atoms with van der Waals surface area (Å²) in [4.78, 5) is 11.8. The lowest BCUT2D eigenvalue weighted by molar-refractivity contribution is -0.111. The average Bonchev–Trinajstić information content (AvgIpc) is 2.85. The molecule has 4 aliphatic carbocycles. The van der Waals surface area contributed by atoms with Crippen molar-refractivity contribution in [2.75, 3.05) is 6.61 Å². The highest BCUT2D eigenvalue weighted by Crippen LogP contribution is 2.66. The smallest absolute Gasteiger partial charge is 0.178 e. The second kappa shape index (κ2) is 5.79. The van der Waals surface area contributed by atoms with Crippen LogP contribution in [0.25, 0.3) is 0 Å². The molecule has 0 aromatic heterocycles. The van der Waals surface area contributed by atoms with Gasteiger partial charge in [0.05, 0.1) is 6.10 Å². The Morgan fingerprint density at radius 2 is 2.04 bits per heavy atom. The van der Waals surface area contributed by atoms with Gasteiger partial charge in [0.15, 0.2) is 5.78 Å². The van der Waals surface area contributed by atoms with Crippen LogP contribution in [0.3, 0.4) is 0 Å². The molecule has 25 heavy (non-hydrogen) atoms. The van der Waals surface area contributed by atoms with E-state index in [1.807, 2.05) is 6.08 Å². The van der Waals surface area contributed by atoms with Gasteiger partial charge in [-0.3, -0.25) is 4.79 Å². The van der Waals surface area contributed by atoms with E-state index in [4.69, 9.17) is 0 Å². The minimum atomic E-state index is -0.288. The van der Waals surface area contributed by atoms with Crippen LogP contribution in [0, 0.1) is 40.4 Å². The van der Waals surface area contributed by atoms with Crippen LogP contribution in [-0.2, 0) is 4.79 Å². The number of rotatable bonds is 2. The average molecular weight is 344 g/mol. The molecule has 0 radical (unpaired) electrons. The van der Waals surface area contributed by atoms with Crippen LogP contribution in [0.1, 0.15) is 52.9 Å². The largest absolute Gasteiger partial charge is 0.396 e. The quantitative estimate of drug-likeness (QED) is 0.806. The lowest BCUT2D eigenvalue weighted by atomic mass is 9.47. The SMILES string of the molecule is C[C@H](CO)[C@H]1[C@@H](O)C[C@H]2[C@@H]3CCC4=CC(=O)C=C[C@]4(C)[C@H]3CC[C@]12C. The van der Waals surface area contributed by atoms with Crippen molar-refractivity contribution in [3.8, 4) is 0 Å². The predicted octanol–water partition coefficient (Wildman–Crippen LogP) is 3.51. The molecule has 0 unspecified atom stereocenters. The molecule has 3 nitrogen and oxygen atoms in total. The standard InChI is InChI=1S/C22H32O3/c1-13(12-23)20-19(25)11-18-16-5-4-14-10-15(24)6-8-21(14,2)17(16)7-9-22(18,20)3/h6,8,10,13,16-20,23,25H,4-5,7,9,11-12H2,1-3H3/t13-,16-,17+,18+,19+,20+,21+,22+/m1/s1. The molecule has 0 heterocycles. The summed E-state index contributed by atoms with van der Waals surface area (Å²) >= 11 is 0. The van der Waals surface area contributed by atoms with Crippen LogP contribution in [0.15, 0.2) is 23.8 Å². The van der Waals surface area contributed by atoms with E-state index in [1.165, 1.54) is 5.57 Å². The van der Waals surface area contributed by atoms with Crippen molar-refractivity contribution < 1.29 is 15.0 Å². The number of hydrogen-bond donors (Lipinski definition) is 2. The van der Waals surface area contributed by atoms with Gasteiger partial charge in [0.2, 0.25) is 0 Å². The monoisotopic (exact) mass is 344 g/mol. The van der Waals surface area contributed by atoms with Crippen molar-refractivity contribution >= 4 is 5.78 Å². The Bertz CT molecular complexity index is 635. The van der Waals surface area contributed by atoms with Crippen molar-refractivity contribution in [2.24, 2.45) is 40.4 Å². The molecule has 0 aliphatic heterocycles. The molecule has 0 amide bonds. The normalized spacial score (nSPS) is 49.9. The number of fused-ring (bicyclic) bond motifs is 5. The number of ketones is 1. The Morgan fingerprint density at radius 3 is 2.76 bits per heavy atom. The summed E-state index contributed by atoms with van der Waals surface area (Å²) in [7, 11) is 0. The maximum absolute atomic E-state index is 11.8. The third-order valence-electron chi connectivity index (χ3n) is 8.57. The van der Waals surface area contributed by atoms with Gasteiger partial charge < -0.3 is 10.2 Å². The zero-order valence-corrected chi connectivity index (χ0v) is 15.7. The van der Waals surface area contributed by atoms with Gasteiger partial charge in [-0.1, -0.05) is 32.4 Å². The first kappa shape index (κ1) is 17.5. The fraction of sp³-hybridized carbons (Fsp3) is 0.773. The maximum Gasteiger partial charge on any atom is 0.178 e. The second-order valence-corrected chi connectivity index (χ2v) is 9.64. The number of allylic oxidation sites excluding steroid dienone is 4. The highest BCUT2D eigenvalue weighted by Gasteiger charge is 2.61. The van der Waals surface area contributed by atoms with Crippen LogP contribution in [-0.4, -0.2) is 28.7 Å². The summed E-state index contributed by atoms with van der Waals surface area (Å²) in [5.41, 5.74) is 1.47. The molecule has 2 N–H and O–H groups in total. The topological polar surface area (TPSA) is 57.5 Å². The van der Waals surface area contributed by atoms with E-state index < -0.39 is 0 Å². The van der Waals surface area contributed by atoms with E-state index in [-0.39, 0.29) is 41.2 Å². The highest BCUT2D eigenvalue weighted by molar-refractivity contribution is 6.01. The number of aliphatic hydroxyl groups is 2. The molecule has 3 saturated carbocycles. The van der Waals surface area contributed by atoms with Crippen LogP contribution >= 0.6 is 0 Å². The van der Waals surface area contributed by atoms with Crippen molar-refractivity contribution in [1.29, 1.82) is 0 Å². The van der Waals surface area contributed by atoms with Crippen LogP contribution in [0.4, 0.5) is 0 Å². The summed E-state index contributed by atoms with van der Waals surface area (Å²) in [5.74, 6) is 2.22. The summed E-state index contributed by atoms with van der Waals surface area (Å²) < 4.78 is 0. The minimum Gasteiger partial charge on any atom is -0.396 e. The molecule has 0 bridgehead atoms. The lowest BCUT2D eigenvalue weighted by Gasteiger charge is -2.57. The fourth-order valence-corrected chi connectivity index (χ4v) is 7.39.